The third-order valence-electron chi connectivity index (χ3n) is 4.57. The molecule has 3 heterocycles. The van der Waals surface area contributed by atoms with E-state index in [2.05, 4.69) is 50.2 Å². The molecule has 1 fully saturated rings. The van der Waals surface area contributed by atoms with Gasteiger partial charge in [0.2, 0.25) is 0 Å². The van der Waals surface area contributed by atoms with Gasteiger partial charge in [0, 0.05) is 44.0 Å². The number of rotatable bonds is 5. The highest BCUT2D eigenvalue weighted by Gasteiger charge is 2.24. The Hall–Kier alpha value is -2.01. The number of nitrogens with zero attached hydrogens (tertiary/aromatic N) is 5. The summed E-state index contributed by atoms with van der Waals surface area (Å²) in [4.78, 5) is 9.23. The summed E-state index contributed by atoms with van der Waals surface area (Å²) in [5.74, 6) is 0.999. The van der Waals surface area contributed by atoms with Crippen molar-refractivity contribution in [1.82, 2.24) is 20.1 Å². The molecule has 2 aromatic rings. The highest BCUT2D eigenvalue weighted by molar-refractivity contribution is 5.38. The minimum atomic E-state index is 0.565. The monoisotopic (exact) mass is 311 g/mol. The lowest BCUT2D eigenvalue weighted by Gasteiger charge is -2.38. The zero-order valence-corrected chi connectivity index (χ0v) is 14.0. The topological polar surface area (TPSA) is 45.2 Å². The van der Waals surface area contributed by atoms with E-state index >= 15 is 0 Å². The van der Waals surface area contributed by atoms with Crippen molar-refractivity contribution in [3.05, 3.63) is 47.9 Å². The van der Waals surface area contributed by atoms with E-state index in [1.807, 2.05) is 25.3 Å². The van der Waals surface area contributed by atoms with Gasteiger partial charge in [0.05, 0.1) is 5.69 Å². The highest BCUT2D eigenvalue weighted by atomic mass is 15.3. The van der Waals surface area contributed by atoms with Gasteiger partial charge < -0.3 is 9.80 Å². The van der Waals surface area contributed by atoms with Crippen molar-refractivity contribution < 1.29 is 0 Å². The standard InChI is InChI=1S/C18H25N5/c1-15-8-9-18(21-20-15)23-12-5-7-17(14-23)22(2)13-10-16-6-3-4-11-19-16/h3-4,6,8-9,11,17H,5,7,10,12-14H2,1-2H3. The Bertz CT molecular complexity index is 599. The summed E-state index contributed by atoms with van der Waals surface area (Å²) < 4.78 is 0. The molecule has 3 rings (SSSR count). The van der Waals surface area contributed by atoms with E-state index in [0.29, 0.717) is 6.04 Å². The van der Waals surface area contributed by atoms with Crippen LogP contribution in [0.3, 0.4) is 0 Å². The second-order valence-electron chi connectivity index (χ2n) is 6.33. The summed E-state index contributed by atoms with van der Waals surface area (Å²) in [5.41, 5.74) is 2.13. The lowest BCUT2D eigenvalue weighted by atomic mass is 10.0. The number of anilines is 1. The predicted molar refractivity (Wildman–Crippen MR) is 92.6 cm³/mol. The van der Waals surface area contributed by atoms with Gasteiger partial charge in [0.1, 0.15) is 0 Å². The summed E-state index contributed by atoms with van der Waals surface area (Å²) in [5, 5.41) is 8.52. The van der Waals surface area contributed by atoms with Crippen LogP contribution in [0.4, 0.5) is 5.82 Å². The lowest BCUT2D eigenvalue weighted by Crippen LogP contribution is -2.47. The second kappa shape index (κ2) is 7.51. The first-order valence-corrected chi connectivity index (χ1v) is 8.38. The van der Waals surface area contributed by atoms with Crippen LogP contribution in [0.1, 0.15) is 24.2 Å². The van der Waals surface area contributed by atoms with E-state index in [-0.39, 0.29) is 0 Å². The van der Waals surface area contributed by atoms with Crippen LogP contribution in [0.5, 0.6) is 0 Å². The Morgan fingerprint density at radius 3 is 2.87 bits per heavy atom. The van der Waals surface area contributed by atoms with E-state index in [9.17, 15) is 0 Å². The normalized spacial score (nSPS) is 18.4. The van der Waals surface area contributed by atoms with Crippen LogP contribution in [0.2, 0.25) is 0 Å². The second-order valence-corrected chi connectivity index (χ2v) is 6.33. The molecule has 5 heteroatoms. The summed E-state index contributed by atoms with van der Waals surface area (Å²) in [6.45, 7) is 5.11. The fourth-order valence-corrected chi connectivity index (χ4v) is 3.10. The molecule has 2 aromatic heterocycles. The Morgan fingerprint density at radius 1 is 1.22 bits per heavy atom. The third kappa shape index (κ3) is 4.26. The number of likely N-dealkylation sites (N-methyl/N-ethyl adjacent to an activating group) is 1. The van der Waals surface area contributed by atoms with Gasteiger partial charge in [-0.05, 0) is 51.1 Å². The number of hydrogen-bond acceptors (Lipinski definition) is 5. The average molecular weight is 311 g/mol. The van der Waals surface area contributed by atoms with Crippen LogP contribution in [0.15, 0.2) is 36.5 Å². The lowest BCUT2D eigenvalue weighted by molar-refractivity contribution is 0.216. The van der Waals surface area contributed by atoms with E-state index in [1.54, 1.807) is 0 Å². The maximum absolute atomic E-state index is 4.41. The molecule has 1 aliphatic rings. The summed E-state index contributed by atoms with van der Waals surface area (Å²) >= 11 is 0. The Morgan fingerprint density at radius 2 is 2.13 bits per heavy atom. The molecule has 122 valence electrons. The molecule has 0 bridgehead atoms. The van der Waals surface area contributed by atoms with Gasteiger partial charge in [-0.15, -0.1) is 5.10 Å². The molecule has 23 heavy (non-hydrogen) atoms. The Kier molecular flexibility index (Phi) is 5.18. The molecule has 1 aliphatic heterocycles. The molecule has 0 amide bonds. The van der Waals surface area contributed by atoms with Crippen molar-refractivity contribution in [2.45, 2.75) is 32.2 Å². The first-order chi connectivity index (χ1) is 11.2. The zero-order valence-electron chi connectivity index (χ0n) is 14.0. The molecule has 1 unspecified atom stereocenters. The van der Waals surface area contributed by atoms with Crippen LogP contribution >= 0.6 is 0 Å². The van der Waals surface area contributed by atoms with E-state index in [0.717, 1.165) is 43.3 Å². The van der Waals surface area contributed by atoms with Gasteiger partial charge in [0.25, 0.3) is 0 Å². The number of hydrogen-bond donors (Lipinski definition) is 0. The molecule has 0 N–H and O–H groups in total. The molecule has 0 aromatic carbocycles. The van der Waals surface area contributed by atoms with Crippen LogP contribution in [0.25, 0.3) is 0 Å². The van der Waals surface area contributed by atoms with E-state index in [1.165, 1.54) is 12.8 Å². The molecule has 0 radical (unpaired) electrons. The summed E-state index contributed by atoms with van der Waals surface area (Å²) in [6, 6.07) is 10.8. The van der Waals surface area contributed by atoms with Gasteiger partial charge in [0.15, 0.2) is 5.82 Å². The van der Waals surface area contributed by atoms with Crippen LogP contribution in [-0.2, 0) is 6.42 Å². The molecule has 0 spiro atoms. The van der Waals surface area contributed by atoms with Crippen molar-refractivity contribution in [1.29, 1.82) is 0 Å². The number of aryl methyl sites for hydroxylation is 1. The van der Waals surface area contributed by atoms with Crippen molar-refractivity contribution >= 4 is 5.82 Å². The molecular formula is C18H25N5. The third-order valence-corrected chi connectivity index (χ3v) is 4.57. The fourth-order valence-electron chi connectivity index (χ4n) is 3.10. The quantitative estimate of drug-likeness (QED) is 0.848. The molecule has 1 atom stereocenters. The van der Waals surface area contributed by atoms with Crippen LogP contribution < -0.4 is 4.90 Å². The Labute approximate surface area is 138 Å². The van der Waals surface area contributed by atoms with E-state index < -0.39 is 0 Å². The Balaban J connectivity index is 1.56. The van der Waals surface area contributed by atoms with Crippen LogP contribution in [0, 0.1) is 6.92 Å². The number of piperidine rings is 1. The number of pyridine rings is 1. The summed E-state index contributed by atoms with van der Waals surface area (Å²) in [7, 11) is 2.22. The van der Waals surface area contributed by atoms with Crippen molar-refractivity contribution in [3.63, 3.8) is 0 Å². The highest BCUT2D eigenvalue weighted by Crippen LogP contribution is 2.20. The number of aromatic nitrogens is 3. The molecule has 5 nitrogen and oxygen atoms in total. The minimum absolute atomic E-state index is 0.565. The van der Waals surface area contributed by atoms with E-state index in [4.69, 9.17) is 0 Å². The van der Waals surface area contributed by atoms with Gasteiger partial charge in [-0.3, -0.25) is 4.98 Å². The van der Waals surface area contributed by atoms with Gasteiger partial charge in [-0.2, -0.15) is 5.10 Å². The largest absolute Gasteiger partial charge is 0.354 e. The van der Waals surface area contributed by atoms with Gasteiger partial charge >= 0.3 is 0 Å². The summed E-state index contributed by atoms with van der Waals surface area (Å²) in [6.07, 6.45) is 5.31. The van der Waals surface area contributed by atoms with Crippen molar-refractivity contribution in [2.75, 3.05) is 31.6 Å². The zero-order chi connectivity index (χ0) is 16.1. The first-order valence-electron chi connectivity index (χ1n) is 8.38. The SMILES string of the molecule is Cc1ccc(N2CCCC(N(C)CCc3ccccn3)C2)nn1. The molecule has 0 saturated carbocycles. The maximum atomic E-state index is 4.41. The first kappa shape index (κ1) is 15.9. The average Bonchev–Trinajstić information content (AvgIpc) is 2.61. The fraction of sp³-hybridized carbons (Fsp3) is 0.500. The molecule has 0 aliphatic carbocycles. The van der Waals surface area contributed by atoms with Crippen LogP contribution in [-0.4, -0.2) is 52.8 Å². The predicted octanol–water partition coefficient (Wildman–Crippen LogP) is 2.32. The van der Waals surface area contributed by atoms with Crippen molar-refractivity contribution in [3.8, 4) is 0 Å². The molecule has 1 saturated heterocycles. The van der Waals surface area contributed by atoms with Gasteiger partial charge in [-0.25, -0.2) is 0 Å². The molecular weight excluding hydrogens is 286 g/mol. The van der Waals surface area contributed by atoms with Crippen molar-refractivity contribution in [2.24, 2.45) is 0 Å². The smallest absolute Gasteiger partial charge is 0.151 e. The van der Waals surface area contributed by atoms with Gasteiger partial charge in [-0.1, -0.05) is 6.07 Å². The minimum Gasteiger partial charge on any atom is -0.354 e. The maximum Gasteiger partial charge on any atom is 0.151 e.